The molecule has 86 valence electrons. The van der Waals surface area contributed by atoms with Gasteiger partial charge in [0, 0.05) is 6.08 Å². The van der Waals surface area contributed by atoms with Gasteiger partial charge in [0.1, 0.15) is 5.75 Å². The molecule has 3 heteroatoms. The highest BCUT2D eigenvalue weighted by Crippen LogP contribution is 2.14. The topological polar surface area (TPSA) is 52.3 Å². The van der Waals surface area contributed by atoms with E-state index in [4.69, 9.17) is 10.5 Å². The zero-order valence-corrected chi connectivity index (χ0v) is 9.48. The fourth-order valence-corrected chi connectivity index (χ4v) is 1.22. The maximum absolute atomic E-state index is 10.6. The average molecular weight is 219 g/mol. The minimum absolute atomic E-state index is 0.447. The molecule has 0 unspecified atom stereocenters. The Balaban J connectivity index is 2.60. The van der Waals surface area contributed by atoms with Crippen molar-refractivity contribution in [3.05, 3.63) is 35.9 Å². The van der Waals surface area contributed by atoms with Gasteiger partial charge in [-0.2, -0.15) is 0 Å². The third-order valence-electron chi connectivity index (χ3n) is 2.06. The first-order valence-electron chi connectivity index (χ1n) is 5.42. The Labute approximate surface area is 95.9 Å². The lowest BCUT2D eigenvalue weighted by atomic mass is 10.2. The molecule has 0 aliphatic carbocycles. The molecule has 16 heavy (non-hydrogen) atoms. The van der Waals surface area contributed by atoms with E-state index in [9.17, 15) is 4.79 Å². The second kappa shape index (κ2) is 6.67. The van der Waals surface area contributed by atoms with Crippen molar-refractivity contribution >= 4 is 12.0 Å². The zero-order valence-electron chi connectivity index (χ0n) is 9.48. The third-order valence-corrected chi connectivity index (χ3v) is 2.06. The lowest BCUT2D eigenvalue weighted by molar-refractivity contribution is -0.113. The molecule has 3 nitrogen and oxygen atoms in total. The van der Waals surface area contributed by atoms with Crippen molar-refractivity contribution in [3.63, 3.8) is 0 Å². The summed E-state index contributed by atoms with van der Waals surface area (Å²) < 4.78 is 5.54. The van der Waals surface area contributed by atoms with Gasteiger partial charge in [-0.15, -0.1) is 0 Å². The Bertz CT molecular complexity index is 372. The quantitative estimate of drug-likeness (QED) is 0.590. The SMILES string of the molecule is CCCCOc1cccc(/C=C\C(N)=O)c1. The smallest absolute Gasteiger partial charge is 0.241 e. The Morgan fingerprint density at radius 2 is 2.31 bits per heavy atom. The summed E-state index contributed by atoms with van der Waals surface area (Å²) in [4.78, 5) is 10.6. The molecule has 1 amide bonds. The van der Waals surface area contributed by atoms with Crippen LogP contribution < -0.4 is 10.5 Å². The van der Waals surface area contributed by atoms with Crippen molar-refractivity contribution in [2.24, 2.45) is 5.73 Å². The molecule has 0 heterocycles. The minimum atomic E-state index is -0.447. The van der Waals surface area contributed by atoms with Gasteiger partial charge in [0.05, 0.1) is 6.61 Å². The molecule has 0 fully saturated rings. The van der Waals surface area contributed by atoms with Gasteiger partial charge in [0.15, 0.2) is 0 Å². The monoisotopic (exact) mass is 219 g/mol. The van der Waals surface area contributed by atoms with Crippen molar-refractivity contribution in [1.82, 2.24) is 0 Å². The van der Waals surface area contributed by atoms with Gasteiger partial charge >= 0.3 is 0 Å². The van der Waals surface area contributed by atoms with Crippen LogP contribution in [0, 0.1) is 0 Å². The van der Waals surface area contributed by atoms with E-state index < -0.39 is 5.91 Å². The van der Waals surface area contributed by atoms with Crippen molar-refractivity contribution in [1.29, 1.82) is 0 Å². The Morgan fingerprint density at radius 3 is 3.00 bits per heavy atom. The van der Waals surface area contributed by atoms with Gasteiger partial charge in [-0.3, -0.25) is 4.79 Å². The molecular weight excluding hydrogens is 202 g/mol. The van der Waals surface area contributed by atoms with Crippen LogP contribution in [0.3, 0.4) is 0 Å². The summed E-state index contributed by atoms with van der Waals surface area (Å²) >= 11 is 0. The first kappa shape index (κ1) is 12.3. The average Bonchev–Trinajstić information content (AvgIpc) is 2.27. The zero-order chi connectivity index (χ0) is 11.8. The van der Waals surface area contributed by atoms with Crippen LogP contribution >= 0.6 is 0 Å². The van der Waals surface area contributed by atoms with Crippen molar-refractivity contribution in [3.8, 4) is 5.75 Å². The van der Waals surface area contributed by atoms with Crippen LogP contribution in [-0.4, -0.2) is 12.5 Å². The summed E-state index contributed by atoms with van der Waals surface area (Å²) in [6.07, 6.45) is 5.17. The highest BCUT2D eigenvalue weighted by molar-refractivity contribution is 5.90. The number of carbonyl (C=O) groups is 1. The fraction of sp³-hybridized carbons (Fsp3) is 0.308. The van der Waals surface area contributed by atoms with Gasteiger partial charge in [0.25, 0.3) is 0 Å². The predicted octanol–water partition coefficient (Wildman–Crippen LogP) is 2.36. The summed E-state index contributed by atoms with van der Waals surface area (Å²) in [5.74, 6) is 0.373. The van der Waals surface area contributed by atoms with Crippen LogP contribution in [0.25, 0.3) is 6.08 Å². The molecule has 0 bridgehead atoms. The minimum Gasteiger partial charge on any atom is -0.494 e. The van der Waals surface area contributed by atoms with E-state index >= 15 is 0 Å². The standard InChI is InChI=1S/C13H17NO2/c1-2-3-9-16-12-6-4-5-11(10-12)7-8-13(14)15/h4-8,10H,2-3,9H2,1H3,(H2,14,15)/b8-7-. The van der Waals surface area contributed by atoms with Gasteiger partial charge in [-0.1, -0.05) is 25.5 Å². The van der Waals surface area contributed by atoms with Crippen molar-refractivity contribution in [2.75, 3.05) is 6.61 Å². The molecule has 0 atom stereocenters. The van der Waals surface area contributed by atoms with Gasteiger partial charge in [0.2, 0.25) is 5.91 Å². The molecule has 1 aromatic carbocycles. The van der Waals surface area contributed by atoms with E-state index in [1.807, 2.05) is 24.3 Å². The number of hydrogen-bond donors (Lipinski definition) is 1. The van der Waals surface area contributed by atoms with E-state index in [1.54, 1.807) is 6.08 Å². The number of primary amides is 1. The molecule has 0 radical (unpaired) electrons. The predicted molar refractivity (Wildman–Crippen MR) is 65.1 cm³/mol. The molecule has 0 spiro atoms. The number of amides is 1. The summed E-state index contributed by atoms with van der Waals surface area (Å²) in [6.45, 7) is 2.84. The number of carbonyl (C=O) groups excluding carboxylic acids is 1. The Hall–Kier alpha value is -1.77. The molecule has 1 rings (SSSR count). The first-order valence-corrected chi connectivity index (χ1v) is 5.42. The molecule has 1 aromatic rings. The van der Waals surface area contributed by atoms with E-state index in [-0.39, 0.29) is 0 Å². The molecule has 0 saturated carbocycles. The Morgan fingerprint density at radius 1 is 1.50 bits per heavy atom. The maximum atomic E-state index is 10.6. The molecule has 0 aromatic heterocycles. The van der Waals surface area contributed by atoms with Crippen LogP contribution in [0.5, 0.6) is 5.75 Å². The van der Waals surface area contributed by atoms with Crippen LogP contribution in [-0.2, 0) is 4.79 Å². The number of rotatable bonds is 6. The third kappa shape index (κ3) is 4.64. The van der Waals surface area contributed by atoms with E-state index in [2.05, 4.69) is 6.92 Å². The number of hydrogen-bond acceptors (Lipinski definition) is 2. The molecular formula is C13H17NO2. The lowest BCUT2D eigenvalue weighted by Crippen LogP contribution is -2.05. The van der Waals surface area contributed by atoms with Crippen LogP contribution in [0.1, 0.15) is 25.3 Å². The van der Waals surface area contributed by atoms with Crippen LogP contribution in [0.2, 0.25) is 0 Å². The largest absolute Gasteiger partial charge is 0.494 e. The van der Waals surface area contributed by atoms with Gasteiger partial charge in [-0.05, 0) is 30.2 Å². The fourth-order valence-electron chi connectivity index (χ4n) is 1.22. The first-order chi connectivity index (χ1) is 7.72. The highest BCUT2D eigenvalue weighted by atomic mass is 16.5. The van der Waals surface area contributed by atoms with Gasteiger partial charge < -0.3 is 10.5 Å². The summed E-state index contributed by atoms with van der Waals surface area (Å²) in [5, 5.41) is 0. The molecule has 0 saturated heterocycles. The number of nitrogens with two attached hydrogens (primary N) is 1. The van der Waals surface area contributed by atoms with Crippen LogP contribution in [0.15, 0.2) is 30.3 Å². The maximum Gasteiger partial charge on any atom is 0.241 e. The summed E-state index contributed by atoms with van der Waals surface area (Å²) in [7, 11) is 0. The number of benzene rings is 1. The van der Waals surface area contributed by atoms with E-state index in [1.165, 1.54) is 6.08 Å². The number of unbranched alkanes of at least 4 members (excludes halogenated alkanes) is 1. The van der Waals surface area contributed by atoms with Gasteiger partial charge in [-0.25, -0.2) is 0 Å². The molecule has 0 aliphatic rings. The van der Waals surface area contributed by atoms with Crippen molar-refractivity contribution < 1.29 is 9.53 Å². The normalized spacial score (nSPS) is 10.6. The lowest BCUT2D eigenvalue weighted by Gasteiger charge is -2.05. The second-order valence-electron chi connectivity index (χ2n) is 3.51. The number of ether oxygens (including phenoxy) is 1. The second-order valence-corrected chi connectivity index (χ2v) is 3.51. The molecule has 2 N–H and O–H groups in total. The summed E-state index contributed by atoms with van der Waals surface area (Å²) in [5.41, 5.74) is 5.93. The molecule has 0 aliphatic heterocycles. The van der Waals surface area contributed by atoms with Crippen LogP contribution in [0.4, 0.5) is 0 Å². The highest BCUT2D eigenvalue weighted by Gasteiger charge is 1.94. The van der Waals surface area contributed by atoms with E-state index in [0.717, 1.165) is 30.8 Å². The summed E-state index contributed by atoms with van der Waals surface area (Å²) in [6, 6.07) is 7.57. The van der Waals surface area contributed by atoms with Crippen molar-refractivity contribution in [2.45, 2.75) is 19.8 Å². The Kier molecular flexibility index (Phi) is 5.12. The van der Waals surface area contributed by atoms with E-state index in [0.29, 0.717) is 0 Å².